The van der Waals surface area contributed by atoms with Gasteiger partial charge in [-0.3, -0.25) is 9.88 Å². The number of piperidine rings is 1. The molecule has 0 amide bonds. The van der Waals surface area contributed by atoms with Gasteiger partial charge in [-0.15, -0.1) is 0 Å². The van der Waals surface area contributed by atoms with E-state index >= 15 is 8.78 Å². The number of rotatable bonds is 10. The van der Waals surface area contributed by atoms with E-state index in [1.165, 1.54) is 38.5 Å². The van der Waals surface area contributed by atoms with Gasteiger partial charge in [-0.2, -0.15) is 22.7 Å². The van der Waals surface area contributed by atoms with Gasteiger partial charge in [-0.05, 0) is 92.9 Å². The maximum Gasteiger partial charge on any atom is 0.319 e. The van der Waals surface area contributed by atoms with Crippen molar-refractivity contribution in [1.29, 1.82) is 0 Å². The van der Waals surface area contributed by atoms with Gasteiger partial charge in [0.25, 0.3) is 10.2 Å². The molecule has 0 saturated carbocycles. The Bertz CT molecular complexity index is 2100. The summed E-state index contributed by atoms with van der Waals surface area (Å²) in [6.07, 6.45) is 6.49. The molecule has 0 aliphatic carbocycles. The number of anilines is 1. The number of β-amino-alcohol motifs (C(OH)–C–C–N with tert-alkyl or cyclic N) is 1. The zero-order valence-corrected chi connectivity index (χ0v) is 30.2. The van der Waals surface area contributed by atoms with Crippen molar-refractivity contribution in [1.82, 2.24) is 28.9 Å². The molecule has 0 bridgehead atoms. The number of benzene rings is 2. The van der Waals surface area contributed by atoms with Gasteiger partial charge in [0.15, 0.2) is 5.82 Å². The van der Waals surface area contributed by atoms with Crippen LogP contribution < -0.4 is 14.4 Å². The number of aromatic hydroxyl groups is 1. The molecule has 3 atom stereocenters. The Kier molecular flexibility index (Phi) is 9.32. The van der Waals surface area contributed by atoms with Crippen LogP contribution in [0.5, 0.6) is 11.8 Å². The molecule has 7 rings (SSSR count). The van der Waals surface area contributed by atoms with Crippen molar-refractivity contribution in [2.75, 3.05) is 51.8 Å². The number of aromatic nitrogens is 3. The molecule has 4 aromatic rings. The van der Waals surface area contributed by atoms with Crippen LogP contribution in [-0.4, -0.2) is 107 Å². The largest absolute Gasteiger partial charge is 0.508 e. The molecular formula is C36H45F2N7O5S. The van der Waals surface area contributed by atoms with Crippen LogP contribution in [0.1, 0.15) is 57.9 Å². The number of phenolic OH excluding ortho intramolecular Hbond substituents is 1. The van der Waals surface area contributed by atoms with Crippen LogP contribution in [0.15, 0.2) is 30.5 Å². The van der Waals surface area contributed by atoms with E-state index in [1.807, 2.05) is 11.8 Å². The minimum atomic E-state index is -3.57. The molecule has 3 aliphatic rings. The van der Waals surface area contributed by atoms with Crippen LogP contribution in [0.3, 0.4) is 0 Å². The first-order chi connectivity index (χ1) is 24.2. The van der Waals surface area contributed by atoms with E-state index in [9.17, 15) is 18.6 Å². The SMILES string of the molecule is CCc1c(F)ccc2cc(O)cc(-c3ncc4c(N5CCC[C@@](C)(O)C5)nc(OC[C@@]56CCCN5[C@@H](CNS(=O)(=O)N(C)C)CC6)nc4c3F)c12. The molecule has 0 spiro atoms. The minimum absolute atomic E-state index is 0.00414. The highest BCUT2D eigenvalue weighted by molar-refractivity contribution is 7.87. The lowest BCUT2D eigenvalue weighted by atomic mass is 9.94. The Morgan fingerprint density at radius 3 is 2.65 bits per heavy atom. The number of phenols is 1. The van der Waals surface area contributed by atoms with Crippen molar-refractivity contribution in [3.63, 3.8) is 0 Å². The van der Waals surface area contributed by atoms with Crippen LogP contribution in [0.4, 0.5) is 14.6 Å². The van der Waals surface area contributed by atoms with Crippen molar-refractivity contribution in [2.24, 2.45) is 0 Å². The summed E-state index contributed by atoms with van der Waals surface area (Å²) in [5.41, 5.74) is -0.850. The zero-order valence-electron chi connectivity index (χ0n) is 29.4. The monoisotopic (exact) mass is 725 g/mol. The predicted molar refractivity (Wildman–Crippen MR) is 191 cm³/mol. The standard InChI is InChI=1S/C36H45F2N7O5S/c1-5-25-28(37)9-8-22-16-24(46)17-26(29(22)25)31-30(38)32-27(19-39-31)33(44-14-6-11-35(2,47)20-44)42-34(41-32)50-21-36-12-7-15-45(36)23(10-13-36)18-40-51(48,49)43(3)4/h8-9,16-17,19,23,40,46-47H,5-7,10-15,18,20-21H2,1-4H3/t23-,35-,36+/m1/s1. The van der Waals surface area contributed by atoms with E-state index in [1.54, 1.807) is 13.0 Å². The molecule has 3 aliphatic heterocycles. The summed E-state index contributed by atoms with van der Waals surface area (Å²) in [4.78, 5) is 18.1. The molecule has 0 radical (unpaired) electrons. The van der Waals surface area contributed by atoms with Crippen molar-refractivity contribution in [3.8, 4) is 23.0 Å². The molecule has 5 heterocycles. The summed E-state index contributed by atoms with van der Waals surface area (Å²) in [6, 6.07) is 5.76. The summed E-state index contributed by atoms with van der Waals surface area (Å²) in [5.74, 6) is -0.921. The molecule has 3 fully saturated rings. The quantitative estimate of drug-likeness (QED) is 0.214. The van der Waals surface area contributed by atoms with E-state index in [0.717, 1.165) is 36.5 Å². The molecule has 15 heteroatoms. The molecule has 274 valence electrons. The topological polar surface area (TPSA) is 144 Å². The highest BCUT2D eigenvalue weighted by Crippen LogP contribution is 2.43. The van der Waals surface area contributed by atoms with E-state index in [-0.39, 0.29) is 59.8 Å². The Balaban J connectivity index is 1.28. The first-order valence-corrected chi connectivity index (χ1v) is 19.0. The van der Waals surface area contributed by atoms with E-state index in [4.69, 9.17) is 9.72 Å². The lowest BCUT2D eigenvalue weighted by Gasteiger charge is -2.38. The molecule has 2 aromatic heterocycles. The number of pyridine rings is 1. The molecule has 0 unspecified atom stereocenters. The number of nitrogens with one attached hydrogen (secondary N) is 1. The number of ether oxygens (including phenoxy) is 1. The van der Waals surface area contributed by atoms with Crippen LogP contribution in [0, 0.1) is 11.6 Å². The molecule has 3 N–H and O–H groups in total. The summed E-state index contributed by atoms with van der Waals surface area (Å²) in [7, 11) is -0.593. The Morgan fingerprint density at radius 2 is 1.90 bits per heavy atom. The molecule has 12 nitrogen and oxygen atoms in total. The smallest absolute Gasteiger partial charge is 0.319 e. The third-order valence-corrected chi connectivity index (χ3v) is 12.4. The number of hydrogen-bond acceptors (Lipinski definition) is 10. The first kappa shape index (κ1) is 35.6. The lowest BCUT2D eigenvalue weighted by molar-refractivity contribution is 0.0447. The minimum Gasteiger partial charge on any atom is -0.508 e. The van der Waals surface area contributed by atoms with E-state index in [0.29, 0.717) is 53.3 Å². The third kappa shape index (κ3) is 6.58. The maximum atomic E-state index is 17.0. The lowest BCUT2D eigenvalue weighted by Crippen LogP contribution is -2.50. The predicted octanol–water partition coefficient (Wildman–Crippen LogP) is 4.51. The average molecular weight is 726 g/mol. The third-order valence-electron chi connectivity index (χ3n) is 10.9. The number of aliphatic hydroxyl groups is 1. The summed E-state index contributed by atoms with van der Waals surface area (Å²) in [5, 5.41) is 23.0. The number of hydrogen-bond donors (Lipinski definition) is 3. The maximum absolute atomic E-state index is 17.0. The first-order valence-electron chi connectivity index (χ1n) is 17.6. The summed E-state index contributed by atoms with van der Waals surface area (Å²) >= 11 is 0. The van der Waals surface area contributed by atoms with Gasteiger partial charge in [0.2, 0.25) is 0 Å². The number of fused-ring (bicyclic) bond motifs is 3. The fourth-order valence-electron chi connectivity index (χ4n) is 8.31. The molecular weight excluding hydrogens is 681 g/mol. The second kappa shape index (κ2) is 13.3. The van der Waals surface area contributed by atoms with Crippen molar-refractivity contribution < 1.29 is 32.1 Å². The van der Waals surface area contributed by atoms with Crippen LogP contribution in [0.25, 0.3) is 32.9 Å². The van der Waals surface area contributed by atoms with Gasteiger partial charge >= 0.3 is 6.01 Å². The van der Waals surface area contributed by atoms with Gasteiger partial charge in [0, 0.05) is 51.5 Å². The van der Waals surface area contributed by atoms with Gasteiger partial charge in [-0.25, -0.2) is 13.5 Å². The average Bonchev–Trinajstić information content (AvgIpc) is 3.65. The van der Waals surface area contributed by atoms with Gasteiger partial charge in [-0.1, -0.05) is 13.0 Å². The van der Waals surface area contributed by atoms with Crippen molar-refractivity contribution >= 4 is 37.7 Å². The highest BCUT2D eigenvalue weighted by Gasteiger charge is 2.50. The Hall–Kier alpha value is -3.76. The second-order valence-corrected chi connectivity index (χ2v) is 16.6. The Morgan fingerprint density at radius 1 is 1.12 bits per heavy atom. The number of aryl methyl sites for hydroxylation is 1. The molecule has 2 aromatic carbocycles. The molecule has 3 saturated heterocycles. The Labute approximate surface area is 296 Å². The summed E-state index contributed by atoms with van der Waals surface area (Å²) in [6.45, 7) is 5.72. The fraction of sp³-hybridized carbons (Fsp3) is 0.528. The van der Waals surface area contributed by atoms with Crippen LogP contribution in [0.2, 0.25) is 0 Å². The van der Waals surface area contributed by atoms with Crippen LogP contribution in [-0.2, 0) is 16.6 Å². The van der Waals surface area contributed by atoms with Crippen molar-refractivity contribution in [2.45, 2.75) is 76.0 Å². The van der Waals surface area contributed by atoms with Crippen molar-refractivity contribution in [3.05, 3.63) is 47.7 Å². The second-order valence-electron chi connectivity index (χ2n) is 14.6. The number of halogens is 2. The van der Waals surface area contributed by atoms with Crippen LogP contribution >= 0.6 is 0 Å². The van der Waals surface area contributed by atoms with Gasteiger partial charge in [0.05, 0.1) is 16.5 Å². The zero-order chi connectivity index (χ0) is 36.3. The van der Waals surface area contributed by atoms with Gasteiger partial charge < -0.3 is 19.8 Å². The van der Waals surface area contributed by atoms with E-state index < -0.39 is 27.4 Å². The van der Waals surface area contributed by atoms with Gasteiger partial charge in [0.1, 0.15) is 35.2 Å². The normalized spacial score (nSPS) is 24.2. The fourth-order valence-corrected chi connectivity index (χ4v) is 8.97. The summed E-state index contributed by atoms with van der Waals surface area (Å²) < 4.78 is 67.1. The number of nitrogens with zero attached hydrogens (tertiary/aromatic N) is 6. The highest BCUT2D eigenvalue weighted by atomic mass is 32.2. The van der Waals surface area contributed by atoms with E-state index in [2.05, 4.69) is 19.6 Å². The molecule has 51 heavy (non-hydrogen) atoms.